The summed E-state index contributed by atoms with van der Waals surface area (Å²) in [6.45, 7) is 0. The number of carbonyl (C=O) groups excluding carboxylic acids is 3. The van der Waals surface area contributed by atoms with E-state index in [9.17, 15) is 14.4 Å². The molecule has 0 radical (unpaired) electrons. The highest BCUT2D eigenvalue weighted by Crippen LogP contribution is 2.39. The smallest absolute Gasteiger partial charge is 0.262 e. The van der Waals surface area contributed by atoms with Crippen LogP contribution in [0.2, 0.25) is 0 Å². The van der Waals surface area contributed by atoms with E-state index >= 15 is 0 Å². The van der Waals surface area contributed by atoms with Crippen LogP contribution in [0.3, 0.4) is 0 Å². The van der Waals surface area contributed by atoms with E-state index in [0.29, 0.717) is 24.8 Å². The molecule has 0 aromatic carbocycles. The number of hydrogen-bond donors (Lipinski definition) is 1. The molecule has 5 nitrogen and oxygen atoms in total. The van der Waals surface area contributed by atoms with E-state index in [0.717, 1.165) is 0 Å². The van der Waals surface area contributed by atoms with Crippen LogP contribution in [0.5, 0.6) is 0 Å². The SMILES string of the molecule is O=C=C1CCCC2C(=O)N(O)C(=O)C12. The van der Waals surface area contributed by atoms with Crippen molar-refractivity contribution in [1.82, 2.24) is 5.06 Å². The lowest BCUT2D eigenvalue weighted by Gasteiger charge is -2.20. The molecular formula is C9H9NO4. The Labute approximate surface area is 80.0 Å². The van der Waals surface area contributed by atoms with Gasteiger partial charge in [0.25, 0.3) is 11.8 Å². The van der Waals surface area contributed by atoms with Crippen LogP contribution in [-0.2, 0) is 14.4 Å². The quantitative estimate of drug-likeness (QED) is 0.333. The summed E-state index contributed by atoms with van der Waals surface area (Å²) in [5.74, 6) is -0.865. The second kappa shape index (κ2) is 3.04. The zero-order chi connectivity index (χ0) is 10.3. The van der Waals surface area contributed by atoms with Gasteiger partial charge in [0.05, 0.1) is 11.8 Å². The lowest BCUT2D eigenvalue weighted by Crippen LogP contribution is -2.27. The van der Waals surface area contributed by atoms with Crippen LogP contribution in [0.25, 0.3) is 0 Å². The van der Waals surface area contributed by atoms with Gasteiger partial charge in [-0.2, -0.15) is 5.06 Å². The molecule has 1 heterocycles. The Hall–Kier alpha value is -1.45. The number of hydroxylamine groups is 2. The summed E-state index contributed by atoms with van der Waals surface area (Å²) in [5.41, 5.74) is 0.316. The normalized spacial score (nSPS) is 31.8. The maximum atomic E-state index is 11.4. The maximum Gasteiger partial charge on any atom is 0.262 e. The van der Waals surface area contributed by atoms with E-state index < -0.39 is 23.7 Å². The molecule has 1 aliphatic heterocycles. The summed E-state index contributed by atoms with van der Waals surface area (Å²) < 4.78 is 0. The van der Waals surface area contributed by atoms with Gasteiger partial charge in [-0.25, -0.2) is 4.79 Å². The molecule has 0 aromatic rings. The van der Waals surface area contributed by atoms with E-state index in [1.165, 1.54) is 0 Å². The third kappa shape index (κ3) is 1.03. The molecule has 0 aromatic heterocycles. The largest absolute Gasteiger partial charge is 0.278 e. The zero-order valence-corrected chi connectivity index (χ0v) is 7.40. The van der Waals surface area contributed by atoms with Gasteiger partial charge in [-0.1, -0.05) is 0 Å². The van der Waals surface area contributed by atoms with Gasteiger partial charge in [0.15, 0.2) is 0 Å². The summed E-state index contributed by atoms with van der Waals surface area (Å²) in [6, 6.07) is 0. The summed E-state index contributed by atoms with van der Waals surface area (Å²) in [5, 5.41) is 9.24. The average Bonchev–Trinajstić information content (AvgIpc) is 2.44. The molecule has 74 valence electrons. The van der Waals surface area contributed by atoms with E-state index in [-0.39, 0.29) is 5.06 Å². The molecule has 1 saturated heterocycles. The first-order chi connectivity index (χ1) is 6.66. The molecular weight excluding hydrogens is 186 g/mol. The summed E-state index contributed by atoms with van der Waals surface area (Å²) in [7, 11) is 0. The van der Waals surface area contributed by atoms with Crippen molar-refractivity contribution in [2.75, 3.05) is 0 Å². The lowest BCUT2D eigenvalue weighted by atomic mass is 9.78. The van der Waals surface area contributed by atoms with Crippen LogP contribution in [0.4, 0.5) is 0 Å². The minimum Gasteiger partial charge on any atom is -0.278 e. The molecule has 2 rings (SSSR count). The van der Waals surface area contributed by atoms with Crippen molar-refractivity contribution in [2.45, 2.75) is 19.3 Å². The van der Waals surface area contributed by atoms with Crippen LogP contribution in [-0.4, -0.2) is 28.0 Å². The summed E-state index contributed by atoms with van der Waals surface area (Å²) in [6.07, 6.45) is 1.74. The highest BCUT2D eigenvalue weighted by atomic mass is 16.5. The average molecular weight is 195 g/mol. The molecule has 1 N–H and O–H groups in total. The first-order valence-electron chi connectivity index (χ1n) is 4.47. The van der Waals surface area contributed by atoms with Gasteiger partial charge >= 0.3 is 0 Å². The number of fused-ring (bicyclic) bond motifs is 1. The first kappa shape index (κ1) is 9.12. The van der Waals surface area contributed by atoms with Gasteiger partial charge in [-0.3, -0.25) is 14.8 Å². The van der Waals surface area contributed by atoms with Crippen LogP contribution < -0.4 is 0 Å². The number of carbonyl (C=O) groups is 2. The molecule has 2 unspecified atom stereocenters. The molecule has 0 spiro atoms. The van der Waals surface area contributed by atoms with Crippen molar-refractivity contribution in [1.29, 1.82) is 0 Å². The van der Waals surface area contributed by atoms with Crippen LogP contribution in [0, 0.1) is 11.8 Å². The van der Waals surface area contributed by atoms with Crippen molar-refractivity contribution in [2.24, 2.45) is 11.8 Å². The van der Waals surface area contributed by atoms with E-state index in [1.807, 2.05) is 0 Å². The molecule has 2 aliphatic rings. The van der Waals surface area contributed by atoms with Crippen molar-refractivity contribution in [3.8, 4) is 0 Å². The monoisotopic (exact) mass is 195 g/mol. The molecule has 2 fully saturated rings. The third-order valence-corrected chi connectivity index (χ3v) is 2.87. The lowest BCUT2D eigenvalue weighted by molar-refractivity contribution is -0.172. The number of rotatable bonds is 0. The minimum absolute atomic E-state index is 0.137. The Balaban J connectivity index is 2.41. The highest BCUT2D eigenvalue weighted by molar-refractivity contribution is 6.06. The highest BCUT2D eigenvalue weighted by Gasteiger charge is 2.50. The van der Waals surface area contributed by atoms with Crippen LogP contribution >= 0.6 is 0 Å². The fourth-order valence-electron chi connectivity index (χ4n) is 2.18. The minimum atomic E-state index is -0.751. The van der Waals surface area contributed by atoms with Gasteiger partial charge in [-0.15, -0.1) is 0 Å². The van der Waals surface area contributed by atoms with E-state index in [2.05, 4.69) is 0 Å². The molecule has 5 heteroatoms. The number of hydrogen-bond acceptors (Lipinski definition) is 4. The fraction of sp³-hybridized carbons (Fsp3) is 0.556. The van der Waals surface area contributed by atoms with Gasteiger partial charge in [0, 0.05) is 5.57 Å². The zero-order valence-electron chi connectivity index (χ0n) is 7.40. The molecule has 0 bridgehead atoms. The van der Waals surface area contributed by atoms with Crippen molar-refractivity contribution in [3.63, 3.8) is 0 Å². The Morgan fingerprint density at radius 3 is 2.71 bits per heavy atom. The number of nitrogens with zero attached hydrogens (tertiary/aromatic N) is 1. The van der Waals surface area contributed by atoms with Gasteiger partial charge in [0.1, 0.15) is 5.94 Å². The standard InChI is InChI=1S/C9H9NO4/c11-4-5-2-1-3-6-7(5)9(13)10(14)8(6)12/h6-7,14H,1-3H2. The number of amides is 2. The molecule has 2 atom stereocenters. The third-order valence-electron chi connectivity index (χ3n) is 2.87. The fourth-order valence-corrected chi connectivity index (χ4v) is 2.18. The Kier molecular flexibility index (Phi) is 1.98. The Morgan fingerprint density at radius 2 is 2.07 bits per heavy atom. The maximum absolute atomic E-state index is 11.4. The second-order valence-corrected chi connectivity index (χ2v) is 3.59. The van der Waals surface area contributed by atoms with Gasteiger partial charge in [-0.05, 0) is 19.3 Å². The van der Waals surface area contributed by atoms with Crippen molar-refractivity contribution in [3.05, 3.63) is 5.57 Å². The molecule has 2 amide bonds. The van der Waals surface area contributed by atoms with E-state index in [4.69, 9.17) is 5.21 Å². The molecule has 1 aliphatic carbocycles. The van der Waals surface area contributed by atoms with Crippen LogP contribution in [0.15, 0.2) is 5.57 Å². The van der Waals surface area contributed by atoms with Gasteiger partial charge in [0.2, 0.25) is 0 Å². The van der Waals surface area contributed by atoms with Crippen molar-refractivity contribution < 1.29 is 19.6 Å². The predicted octanol–water partition coefficient (Wildman–Crippen LogP) is -0.0813. The second-order valence-electron chi connectivity index (χ2n) is 3.59. The first-order valence-corrected chi connectivity index (χ1v) is 4.47. The Morgan fingerprint density at radius 1 is 1.36 bits per heavy atom. The Bertz CT molecular complexity index is 356. The number of imide groups is 1. The molecule has 14 heavy (non-hydrogen) atoms. The van der Waals surface area contributed by atoms with Gasteiger partial charge < -0.3 is 0 Å². The summed E-state index contributed by atoms with van der Waals surface area (Å²) in [4.78, 5) is 33.2. The summed E-state index contributed by atoms with van der Waals surface area (Å²) >= 11 is 0. The van der Waals surface area contributed by atoms with Crippen LogP contribution in [0.1, 0.15) is 19.3 Å². The van der Waals surface area contributed by atoms with E-state index in [1.54, 1.807) is 5.94 Å². The topological polar surface area (TPSA) is 74.7 Å². The van der Waals surface area contributed by atoms with Crippen molar-refractivity contribution >= 4 is 17.8 Å². The molecule has 1 saturated carbocycles. The predicted molar refractivity (Wildman–Crippen MR) is 43.7 cm³/mol.